The standard InChI is InChI=1S/C26H25F3N4O2S/c27-26(28,29)19-5-8-24(31-14-19)32-22-10-12-33(15-23(22)34)36-20-6-3-16(4-7-20)18-2-1-17-9-11-30-25(35)21(17)13-18/h1-8,13-14,22-23,34H,9-12,15H2,(H,30,35)(H,31,32). The number of benzene rings is 2. The summed E-state index contributed by atoms with van der Waals surface area (Å²) in [4.78, 5) is 17.0. The zero-order valence-electron chi connectivity index (χ0n) is 19.3. The number of pyridine rings is 1. The zero-order chi connectivity index (χ0) is 25.3. The number of rotatable bonds is 5. The SMILES string of the molecule is O=C1NCCc2ccc(-c3ccc(SN4CCC(Nc5ccc(C(F)(F)F)cn5)C(O)C4)cc3)cc21. The van der Waals surface area contributed by atoms with Gasteiger partial charge in [-0.15, -0.1) is 0 Å². The first-order valence-electron chi connectivity index (χ1n) is 11.7. The second-order valence-corrected chi connectivity index (χ2v) is 10.1. The highest BCUT2D eigenvalue weighted by Crippen LogP contribution is 2.32. The van der Waals surface area contributed by atoms with Gasteiger partial charge in [-0.3, -0.25) is 4.79 Å². The number of hydrogen-bond donors (Lipinski definition) is 3. The highest BCUT2D eigenvalue weighted by atomic mass is 32.2. The summed E-state index contributed by atoms with van der Waals surface area (Å²) < 4.78 is 40.2. The molecule has 2 aliphatic heterocycles. The van der Waals surface area contributed by atoms with Crippen LogP contribution in [0.4, 0.5) is 19.0 Å². The number of halogens is 3. The summed E-state index contributed by atoms with van der Waals surface area (Å²) in [6.07, 6.45) is -2.87. The predicted octanol–water partition coefficient (Wildman–Crippen LogP) is 4.61. The second-order valence-electron chi connectivity index (χ2n) is 8.92. The second kappa shape index (κ2) is 10.1. The van der Waals surface area contributed by atoms with Gasteiger partial charge < -0.3 is 15.7 Å². The van der Waals surface area contributed by atoms with E-state index in [0.29, 0.717) is 31.9 Å². The van der Waals surface area contributed by atoms with Crippen LogP contribution in [-0.4, -0.2) is 52.1 Å². The maximum Gasteiger partial charge on any atom is 0.417 e. The zero-order valence-corrected chi connectivity index (χ0v) is 20.1. The third-order valence-electron chi connectivity index (χ3n) is 6.43. The largest absolute Gasteiger partial charge is 0.417 e. The Balaban J connectivity index is 1.17. The molecule has 1 aromatic heterocycles. The third kappa shape index (κ3) is 5.50. The highest BCUT2D eigenvalue weighted by molar-refractivity contribution is 7.97. The van der Waals surface area contributed by atoms with E-state index in [0.717, 1.165) is 45.8 Å². The minimum absolute atomic E-state index is 0.0316. The average molecular weight is 515 g/mol. The third-order valence-corrected chi connectivity index (χ3v) is 7.50. The van der Waals surface area contributed by atoms with Crippen LogP contribution in [0.2, 0.25) is 0 Å². The molecule has 188 valence electrons. The van der Waals surface area contributed by atoms with Crippen molar-refractivity contribution in [2.45, 2.75) is 36.1 Å². The number of piperidine rings is 1. The number of aliphatic hydroxyl groups is 1. The lowest BCUT2D eigenvalue weighted by molar-refractivity contribution is -0.137. The predicted molar refractivity (Wildman–Crippen MR) is 133 cm³/mol. The number of nitrogens with one attached hydrogen (secondary N) is 2. The van der Waals surface area contributed by atoms with Crippen LogP contribution in [0.15, 0.2) is 65.7 Å². The van der Waals surface area contributed by atoms with Crippen LogP contribution in [0.3, 0.4) is 0 Å². The molecule has 1 amide bonds. The molecule has 0 spiro atoms. The molecule has 36 heavy (non-hydrogen) atoms. The first kappa shape index (κ1) is 24.6. The fourth-order valence-electron chi connectivity index (χ4n) is 4.44. The molecule has 6 nitrogen and oxygen atoms in total. The monoisotopic (exact) mass is 514 g/mol. The molecule has 1 fully saturated rings. The fraction of sp³-hybridized carbons (Fsp3) is 0.308. The Hall–Kier alpha value is -3.08. The Labute approximate surface area is 211 Å². The van der Waals surface area contributed by atoms with Gasteiger partial charge in [0.2, 0.25) is 0 Å². The minimum atomic E-state index is -4.43. The lowest BCUT2D eigenvalue weighted by Crippen LogP contribution is -2.47. The van der Waals surface area contributed by atoms with Crippen LogP contribution in [-0.2, 0) is 12.6 Å². The Morgan fingerprint density at radius 1 is 1.08 bits per heavy atom. The molecule has 2 aliphatic rings. The molecule has 0 radical (unpaired) electrons. The number of hydrogen-bond acceptors (Lipinski definition) is 6. The van der Waals surface area contributed by atoms with Gasteiger partial charge in [-0.05, 0) is 71.8 Å². The van der Waals surface area contributed by atoms with E-state index in [-0.39, 0.29) is 11.9 Å². The first-order valence-corrected chi connectivity index (χ1v) is 12.5. The summed E-state index contributed by atoms with van der Waals surface area (Å²) in [5, 5.41) is 16.5. The van der Waals surface area contributed by atoms with Gasteiger partial charge in [0.1, 0.15) is 5.82 Å². The lowest BCUT2D eigenvalue weighted by atomic mass is 9.95. The number of carbonyl (C=O) groups is 1. The van der Waals surface area contributed by atoms with Gasteiger partial charge in [0.15, 0.2) is 0 Å². The Morgan fingerprint density at radius 2 is 1.86 bits per heavy atom. The normalized spacial score (nSPS) is 20.5. The van der Waals surface area contributed by atoms with Crippen molar-refractivity contribution in [3.63, 3.8) is 0 Å². The molecule has 5 rings (SSSR count). The maximum absolute atomic E-state index is 12.7. The van der Waals surface area contributed by atoms with Gasteiger partial charge in [0, 0.05) is 36.3 Å². The molecule has 1 saturated heterocycles. The van der Waals surface area contributed by atoms with Gasteiger partial charge in [0.25, 0.3) is 5.91 Å². The molecule has 0 saturated carbocycles. The average Bonchev–Trinajstić information content (AvgIpc) is 2.86. The molecular weight excluding hydrogens is 489 g/mol. The van der Waals surface area contributed by atoms with Gasteiger partial charge in [-0.1, -0.05) is 24.3 Å². The number of carbonyl (C=O) groups excluding carboxylic acids is 1. The van der Waals surface area contributed by atoms with E-state index in [1.54, 1.807) is 11.9 Å². The summed E-state index contributed by atoms with van der Waals surface area (Å²) in [6.45, 7) is 1.78. The number of aromatic nitrogens is 1. The molecule has 10 heteroatoms. The molecular formula is C26H25F3N4O2S. The molecule has 2 unspecified atom stereocenters. The van der Waals surface area contributed by atoms with E-state index in [2.05, 4.69) is 19.9 Å². The fourth-order valence-corrected chi connectivity index (χ4v) is 5.42. The molecule has 0 aliphatic carbocycles. The number of anilines is 1. The number of amides is 1. The number of fused-ring (bicyclic) bond motifs is 1. The van der Waals surface area contributed by atoms with Crippen molar-refractivity contribution in [3.05, 3.63) is 77.5 Å². The van der Waals surface area contributed by atoms with E-state index in [1.165, 1.54) is 6.07 Å². The molecule has 3 heterocycles. The van der Waals surface area contributed by atoms with Gasteiger partial charge >= 0.3 is 6.18 Å². The number of alkyl halides is 3. The van der Waals surface area contributed by atoms with E-state index in [9.17, 15) is 23.1 Å². The van der Waals surface area contributed by atoms with Gasteiger partial charge in [-0.25, -0.2) is 9.29 Å². The van der Waals surface area contributed by atoms with Crippen LogP contribution in [0, 0.1) is 0 Å². The van der Waals surface area contributed by atoms with E-state index < -0.39 is 17.8 Å². The number of nitrogens with zero attached hydrogens (tertiary/aromatic N) is 2. The Kier molecular flexibility index (Phi) is 6.92. The van der Waals surface area contributed by atoms with Crippen LogP contribution >= 0.6 is 11.9 Å². The summed E-state index contributed by atoms with van der Waals surface area (Å²) in [7, 11) is 0. The van der Waals surface area contributed by atoms with E-state index in [4.69, 9.17) is 0 Å². The van der Waals surface area contributed by atoms with Crippen molar-refractivity contribution >= 4 is 23.7 Å². The van der Waals surface area contributed by atoms with Crippen LogP contribution < -0.4 is 10.6 Å². The van der Waals surface area contributed by atoms with Crippen molar-refractivity contribution in [1.82, 2.24) is 14.6 Å². The first-order chi connectivity index (χ1) is 17.3. The Morgan fingerprint density at radius 3 is 2.56 bits per heavy atom. The quantitative estimate of drug-likeness (QED) is 0.432. The molecule has 3 N–H and O–H groups in total. The van der Waals surface area contributed by atoms with Crippen LogP contribution in [0.5, 0.6) is 0 Å². The number of β-amino-alcohol motifs (C(OH)–C–C–N with tert-alkyl or cyclic N) is 1. The molecule has 0 bridgehead atoms. The summed E-state index contributed by atoms with van der Waals surface area (Å²) in [5.74, 6) is 0.277. The van der Waals surface area contributed by atoms with E-state index >= 15 is 0 Å². The summed E-state index contributed by atoms with van der Waals surface area (Å²) >= 11 is 1.55. The smallest absolute Gasteiger partial charge is 0.390 e. The summed E-state index contributed by atoms with van der Waals surface area (Å²) in [5.41, 5.74) is 3.01. The van der Waals surface area contributed by atoms with Crippen molar-refractivity contribution in [1.29, 1.82) is 0 Å². The Bertz CT molecular complexity index is 1240. The van der Waals surface area contributed by atoms with Crippen LogP contribution in [0.1, 0.15) is 27.9 Å². The molecule has 2 aromatic carbocycles. The lowest BCUT2D eigenvalue weighted by Gasteiger charge is -2.35. The van der Waals surface area contributed by atoms with Crippen molar-refractivity contribution in [2.75, 3.05) is 25.0 Å². The minimum Gasteiger partial charge on any atom is -0.390 e. The van der Waals surface area contributed by atoms with Crippen LogP contribution in [0.25, 0.3) is 11.1 Å². The van der Waals surface area contributed by atoms with Crippen molar-refractivity contribution < 1.29 is 23.1 Å². The maximum atomic E-state index is 12.7. The highest BCUT2D eigenvalue weighted by Gasteiger charge is 2.32. The topological polar surface area (TPSA) is 77.5 Å². The molecule has 3 aromatic rings. The number of aliphatic hydroxyl groups excluding tert-OH is 1. The summed E-state index contributed by atoms with van der Waals surface area (Å²) in [6, 6.07) is 16.0. The van der Waals surface area contributed by atoms with Gasteiger partial charge in [0.05, 0.1) is 17.7 Å². The molecule has 2 atom stereocenters. The van der Waals surface area contributed by atoms with Crippen molar-refractivity contribution in [3.8, 4) is 11.1 Å². The van der Waals surface area contributed by atoms with E-state index in [1.807, 2.05) is 42.5 Å². The van der Waals surface area contributed by atoms with Gasteiger partial charge in [-0.2, -0.15) is 13.2 Å². The van der Waals surface area contributed by atoms with Crippen molar-refractivity contribution in [2.24, 2.45) is 0 Å².